The molecule has 0 aliphatic carbocycles. The number of hydrogen-bond acceptors (Lipinski definition) is 4. The molecule has 1 aromatic rings. The Morgan fingerprint density at radius 3 is 2.75 bits per heavy atom. The van der Waals surface area contributed by atoms with E-state index in [0.29, 0.717) is 18.5 Å². The third-order valence-corrected chi connectivity index (χ3v) is 4.81. The zero-order chi connectivity index (χ0) is 16.7. The summed E-state index contributed by atoms with van der Waals surface area (Å²) in [6.45, 7) is 7.09. The lowest BCUT2D eigenvalue weighted by Gasteiger charge is -2.21. The monoisotopic (exact) mass is 449 g/mol. The fourth-order valence-corrected chi connectivity index (χ4v) is 3.15. The van der Waals surface area contributed by atoms with Gasteiger partial charge in [-0.05, 0) is 39.3 Å². The molecule has 1 unspecified atom stereocenters. The van der Waals surface area contributed by atoms with Crippen LogP contribution in [0.1, 0.15) is 56.9 Å². The van der Waals surface area contributed by atoms with Gasteiger partial charge < -0.3 is 20.1 Å². The summed E-state index contributed by atoms with van der Waals surface area (Å²) < 4.78 is 5.44. The second-order valence-electron chi connectivity index (χ2n) is 6.31. The van der Waals surface area contributed by atoms with Gasteiger partial charge in [-0.2, -0.15) is 0 Å². The van der Waals surface area contributed by atoms with Crippen LogP contribution in [0.5, 0.6) is 0 Å². The molecule has 7 heteroatoms. The summed E-state index contributed by atoms with van der Waals surface area (Å²) in [5.74, 6) is 2.15. The summed E-state index contributed by atoms with van der Waals surface area (Å²) in [5, 5.41) is 10.9. The largest absolute Gasteiger partial charge is 0.359 e. The molecule has 0 amide bonds. The van der Waals surface area contributed by atoms with Crippen LogP contribution >= 0.6 is 24.0 Å². The number of hydrogen-bond donors (Lipinski definition) is 2. The molecule has 2 rings (SSSR count). The normalized spacial score (nSPS) is 18.7. The molecule has 0 saturated carbocycles. The van der Waals surface area contributed by atoms with Crippen LogP contribution in [0, 0.1) is 0 Å². The molecule has 0 aromatic carbocycles. The van der Waals surface area contributed by atoms with Crippen molar-refractivity contribution in [2.75, 3.05) is 27.2 Å². The van der Waals surface area contributed by atoms with Gasteiger partial charge >= 0.3 is 0 Å². The first-order valence-corrected chi connectivity index (χ1v) is 8.78. The highest BCUT2D eigenvalue weighted by molar-refractivity contribution is 14.0. The van der Waals surface area contributed by atoms with Crippen molar-refractivity contribution in [2.45, 2.75) is 58.0 Å². The zero-order valence-corrected chi connectivity index (χ0v) is 17.7. The molecule has 1 aliphatic heterocycles. The van der Waals surface area contributed by atoms with Gasteiger partial charge in [0.2, 0.25) is 0 Å². The van der Waals surface area contributed by atoms with Crippen LogP contribution in [0.4, 0.5) is 0 Å². The topological polar surface area (TPSA) is 65.7 Å². The van der Waals surface area contributed by atoms with Crippen molar-refractivity contribution < 1.29 is 4.52 Å². The molecule has 1 aromatic heterocycles. The van der Waals surface area contributed by atoms with Crippen LogP contribution in [0.2, 0.25) is 0 Å². The third kappa shape index (κ3) is 5.91. The van der Waals surface area contributed by atoms with Gasteiger partial charge in [0.1, 0.15) is 0 Å². The minimum absolute atomic E-state index is 0. The molecule has 0 radical (unpaired) electrons. The Labute approximate surface area is 162 Å². The summed E-state index contributed by atoms with van der Waals surface area (Å²) >= 11 is 0. The average molecular weight is 449 g/mol. The van der Waals surface area contributed by atoms with Gasteiger partial charge in [0, 0.05) is 31.6 Å². The third-order valence-electron chi connectivity index (χ3n) is 4.81. The number of aliphatic imine (C=N–C) groups is 1. The van der Waals surface area contributed by atoms with Gasteiger partial charge in [0.15, 0.2) is 11.7 Å². The van der Waals surface area contributed by atoms with E-state index in [4.69, 9.17) is 4.52 Å². The summed E-state index contributed by atoms with van der Waals surface area (Å²) in [6, 6.07) is 2.66. The van der Waals surface area contributed by atoms with E-state index in [-0.39, 0.29) is 24.0 Å². The first-order valence-electron chi connectivity index (χ1n) is 8.78. The van der Waals surface area contributed by atoms with Crippen molar-refractivity contribution >= 4 is 29.9 Å². The number of guanidine groups is 1. The minimum atomic E-state index is 0. The van der Waals surface area contributed by atoms with Gasteiger partial charge in [0.25, 0.3) is 0 Å². The van der Waals surface area contributed by atoms with Crippen molar-refractivity contribution in [1.82, 2.24) is 20.7 Å². The summed E-state index contributed by atoms with van der Waals surface area (Å²) in [7, 11) is 3.98. The molecule has 2 N–H and O–H groups in total. The van der Waals surface area contributed by atoms with Crippen LogP contribution < -0.4 is 10.6 Å². The van der Waals surface area contributed by atoms with Gasteiger partial charge in [0.05, 0.1) is 12.2 Å². The number of halogens is 1. The standard InChI is InChI=1S/C17H31N5O.HI/c1-5-13(6-2)16-10-15(23-21-16)12-20-17(18-3)19-11-14-8-7-9-22(14)4;/h10,13-14H,5-9,11-12H2,1-4H3,(H2,18,19,20);1H. The molecule has 1 fully saturated rings. The zero-order valence-electron chi connectivity index (χ0n) is 15.3. The smallest absolute Gasteiger partial charge is 0.191 e. The average Bonchev–Trinajstić information content (AvgIpc) is 3.18. The SMILES string of the molecule is CCC(CC)c1cc(CNC(=NC)NCC2CCCN2C)on1.I. The van der Waals surface area contributed by atoms with Crippen LogP contribution in [0.3, 0.4) is 0 Å². The maximum absolute atomic E-state index is 5.44. The van der Waals surface area contributed by atoms with Gasteiger partial charge in [-0.15, -0.1) is 24.0 Å². The molecular weight excluding hydrogens is 417 g/mol. The van der Waals surface area contributed by atoms with Crippen molar-refractivity contribution in [2.24, 2.45) is 4.99 Å². The second kappa shape index (κ2) is 10.9. The Kier molecular flexibility index (Phi) is 9.65. The van der Waals surface area contributed by atoms with E-state index >= 15 is 0 Å². The van der Waals surface area contributed by atoms with Gasteiger partial charge in [-0.25, -0.2) is 0 Å². The number of nitrogens with one attached hydrogen (secondary N) is 2. The number of likely N-dealkylation sites (N-methyl/N-ethyl adjacent to an activating group) is 1. The van der Waals surface area contributed by atoms with E-state index < -0.39 is 0 Å². The molecule has 2 heterocycles. The quantitative estimate of drug-likeness (QED) is 0.381. The predicted octanol–water partition coefficient (Wildman–Crippen LogP) is 2.96. The minimum Gasteiger partial charge on any atom is -0.359 e. The first kappa shape index (κ1) is 21.2. The Balaban J connectivity index is 0.00000288. The predicted molar refractivity (Wildman–Crippen MR) is 109 cm³/mol. The Morgan fingerprint density at radius 2 is 2.17 bits per heavy atom. The van der Waals surface area contributed by atoms with Crippen LogP contribution in [0.25, 0.3) is 0 Å². The highest BCUT2D eigenvalue weighted by atomic mass is 127. The Bertz CT molecular complexity index is 501. The van der Waals surface area contributed by atoms with Crippen molar-refractivity contribution in [1.29, 1.82) is 0 Å². The second-order valence-corrected chi connectivity index (χ2v) is 6.31. The summed E-state index contributed by atoms with van der Waals surface area (Å²) in [4.78, 5) is 6.68. The summed E-state index contributed by atoms with van der Waals surface area (Å²) in [6.07, 6.45) is 4.72. The van der Waals surface area contributed by atoms with E-state index in [2.05, 4.69) is 52.6 Å². The molecular formula is C17H32IN5O. The molecule has 1 aliphatic rings. The number of nitrogens with zero attached hydrogens (tertiary/aromatic N) is 3. The molecule has 1 atom stereocenters. The maximum atomic E-state index is 5.44. The van der Waals surface area contributed by atoms with E-state index in [1.165, 1.54) is 19.4 Å². The lowest BCUT2D eigenvalue weighted by atomic mass is 9.99. The number of likely N-dealkylation sites (tertiary alicyclic amines) is 1. The van der Waals surface area contributed by atoms with Gasteiger partial charge in [-0.3, -0.25) is 4.99 Å². The van der Waals surface area contributed by atoms with E-state index in [0.717, 1.165) is 36.8 Å². The highest BCUT2D eigenvalue weighted by Gasteiger charge is 2.20. The number of aromatic nitrogens is 1. The van der Waals surface area contributed by atoms with E-state index in [9.17, 15) is 0 Å². The van der Waals surface area contributed by atoms with Gasteiger partial charge in [-0.1, -0.05) is 19.0 Å². The van der Waals surface area contributed by atoms with E-state index in [1.807, 2.05) is 0 Å². The van der Waals surface area contributed by atoms with Crippen molar-refractivity contribution in [3.63, 3.8) is 0 Å². The van der Waals surface area contributed by atoms with Crippen molar-refractivity contribution in [3.05, 3.63) is 17.5 Å². The van der Waals surface area contributed by atoms with E-state index in [1.54, 1.807) is 7.05 Å². The van der Waals surface area contributed by atoms with Crippen LogP contribution in [-0.4, -0.2) is 49.2 Å². The molecule has 0 spiro atoms. The molecule has 24 heavy (non-hydrogen) atoms. The Hall–Kier alpha value is -0.830. The fourth-order valence-electron chi connectivity index (χ4n) is 3.15. The lowest BCUT2D eigenvalue weighted by Crippen LogP contribution is -2.43. The van der Waals surface area contributed by atoms with Crippen LogP contribution in [0.15, 0.2) is 15.6 Å². The lowest BCUT2D eigenvalue weighted by molar-refractivity contribution is 0.309. The highest BCUT2D eigenvalue weighted by Crippen LogP contribution is 2.22. The molecule has 6 nitrogen and oxygen atoms in total. The summed E-state index contributed by atoms with van der Waals surface area (Å²) in [5.41, 5.74) is 1.06. The molecule has 0 bridgehead atoms. The molecule has 1 saturated heterocycles. The van der Waals surface area contributed by atoms with Crippen molar-refractivity contribution in [3.8, 4) is 0 Å². The first-order chi connectivity index (χ1) is 11.2. The van der Waals surface area contributed by atoms with Crippen LogP contribution in [-0.2, 0) is 6.54 Å². The molecule has 138 valence electrons. The fraction of sp³-hybridized carbons (Fsp3) is 0.765. The number of rotatable bonds is 7. The maximum Gasteiger partial charge on any atom is 0.191 e. The Morgan fingerprint density at radius 1 is 1.42 bits per heavy atom.